The van der Waals surface area contributed by atoms with Crippen LogP contribution in [0.4, 0.5) is 0 Å². The smallest absolute Gasteiger partial charge is 0.0543 e. The predicted octanol–water partition coefficient (Wildman–Crippen LogP) is 3.08. The molecule has 0 saturated heterocycles. The molecule has 0 amide bonds. The molecule has 18 heavy (non-hydrogen) atoms. The number of hydrogen-bond acceptors (Lipinski definition) is 2. The van der Waals surface area contributed by atoms with Crippen LogP contribution in [0.5, 0.6) is 0 Å². The highest BCUT2D eigenvalue weighted by Crippen LogP contribution is 2.33. The van der Waals surface area contributed by atoms with Crippen LogP contribution < -0.4 is 5.32 Å². The van der Waals surface area contributed by atoms with Crippen molar-refractivity contribution in [2.45, 2.75) is 44.2 Å². The number of aliphatic hydroxyl groups is 1. The van der Waals surface area contributed by atoms with Gasteiger partial charge in [-0.25, -0.2) is 0 Å². The zero-order valence-corrected chi connectivity index (χ0v) is 11.3. The Kier molecular flexibility index (Phi) is 3.60. The molecule has 2 aliphatic rings. The third-order valence-corrected chi connectivity index (χ3v) is 4.58. The molecule has 98 valence electrons. The molecule has 3 unspecified atom stereocenters. The van der Waals surface area contributed by atoms with E-state index in [1.54, 1.807) is 0 Å². The summed E-state index contributed by atoms with van der Waals surface area (Å²) in [5.41, 5.74) is 2.81. The topological polar surface area (TPSA) is 32.3 Å². The van der Waals surface area contributed by atoms with Gasteiger partial charge in [0.25, 0.3) is 0 Å². The number of benzene rings is 1. The molecule has 3 atom stereocenters. The molecular formula is C15H20ClNO. The molecule has 2 N–H and O–H groups in total. The maximum atomic E-state index is 9.54. The van der Waals surface area contributed by atoms with Gasteiger partial charge in [0.1, 0.15) is 0 Å². The van der Waals surface area contributed by atoms with Gasteiger partial charge in [0.15, 0.2) is 0 Å². The van der Waals surface area contributed by atoms with Crippen molar-refractivity contribution in [1.29, 1.82) is 0 Å². The largest absolute Gasteiger partial charge is 0.393 e. The molecule has 3 rings (SSSR count). The van der Waals surface area contributed by atoms with Gasteiger partial charge in [-0.15, -0.1) is 0 Å². The maximum Gasteiger partial charge on any atom is 0.0543 e. The molecule has 0 aliphatic heterocycles. The van der Waals surface area contributed by atoms with E-state index in [1.807, 2.05) is 6.07 Å². The van der Waals surface area contributed by atoms with Crippen molar-refractivity contribution in [1.82, 2.24) is 5.32 Å². The molecule has 3 heteroatoms. The van der Waals surface area contributed by atoms with Crippen LogP contribution in [0.15, 0.2) is 18.2 Å². The highest BCUT2D eigenvalue weighted by atomic mass is 35.5. The first-order chi connectivity index (χ1) is 8.72. The Bertz CT molecular complexity index is 435. The first kappa shape index (κ1) is 12.5. The van der Waals surface area contributed by atoms with Crippen LogP contribution in [0.2, 0.25) is 5.02 Å². The van der Waals surface area contributed by atoms with Gasteiger partial charge in [-0.05, 0) is 67.8 Å². The van der Waals surface area contributed by atoms with Gasteiger partial charge >= 0.3 is 0 Å². The Morgan fingerprint density at radius 3 is 2.94 bits per heavy atom. The first-order valence-electron chi connectivity index (χ1n) is 6.92. The molecule has 1 saturated carbocycles. The number of aryl methyl sites for hydroxylation is 1. The Morgan fingerprint density at radius 1 is 1.28 bits per heavy atom. The van der Waals surface area contributed by atoms with Gasteiger partial charge < -0.3 is 10.4 Å². The summed E-state index contributed by atoms with van der Waals surface area (Å²) in [6.45, 7) is 1.03. The van der Waals surface area contributed by atoms with Crippen molar-refractivity contribution < 1.29 is 5.11 Å². The van der Waals surface area contributed by atoms with E-state index in [4.69, 9.17) is 11.6 Å². The Morgan fingerprint density at radius 2 is 2.17 bits per heavy atom. The van der Waals surface area contributed by atoms with Gasteiger partial charge in [0.2, 0.25) is 0 Å². The molecule has 0 bridgehead atoms. The summed E-state index contributed by atoms with van der Waals surface area (Å²) in [7, 11) is 0. The van der Waals surface area contributed by atoms with Crippen LogP contribution in [-0.2, 0) is 6.42 Å². The van der Waals surface area contributed by atoms with Crippen molar-refractivity contribution in [3.63, 3.8) is 0 Å². The third kappa shape index (κ3) is 2.56. The van der Waals surface area contributed by atoms with Crippen LogP contribution in [0, 0.1) is 5.92 Å². The molecule has 1 fully saturated rings. The average molecular weight is 266 g/mol. The molecule has 0 radical (unpaired) electrons. The van der Waals surface area contributed by atoms with Crippen LogP contribution in [-0.4, -0.2) is 17.8 Å². The fraction of sp³-hybridized carbons (Fsp3) is 0.600. The van der Waals surface area contributed by atoms with Gasteiger partial charge in [-0.1, -0.05) is 17.7 Å². The lowest BCUT2D eigenvalue weighted by Gasteiger charge is -2.17. The van der Waals surface area contributed by atoms with Crippen molar-refractivity contribution in [2.75, 3.05) is 6.54 Å². The minimum Gasteiger partial charge on any atom is -0.393 e. The molecule has 1 aromatic rings. The Labute approximate surface area is 113 Å². The number of rotatable bonds is 3. The van der Waals surface area contributed by atoms with Crippen molar-refractivity contribution in [2.24, 2.45) is 5.92 Å². The van der Waals surface area contributed by atoms with Crippen LogP contribution in [0.25, 0.3) is 0 Å². The van der Waals surface area contributed by atoms with Gasteiger partial charge in [-0.3, -0.25) is 0 Å². The third-order valence-electron chi connectivity index (χ3n) is 4.35. The lowest BCUT2D eigenvalue weighted by molar-refractivity contribution is 0.177. The Hall–Kier alpha value is -0.570. The molecule has 2 nitrogen and oxygen atoms in total. The van der Waals surface area contributed by atoms with E-state index in [-0.39, 0.29) is 6.10 Å². The first-order valence-corrected chi connectivity index (χ1v) is 7.30. The number of hydrogen-bond donors (Lipinski definition) is 2. The lowest BCUT2D eigenvalue weighted by atomic mass is 10.1. The molecule has 2 aliphatic carbocycles. The van der Waals surface area contributed by atoms with Crippen molar-refractivity contribution in [3.05, 3.63) is 34.3 Å². The second-order valence-corrected chi connectivity index (χ2v) is 6.11. The van der Waals surface area contributed by atoms with Gasteiger partial charge in [0, 0.05) is 11.1 Å². The second-order valence-electron chi connectivity index (χ2n) is 5.68. The van der Waals surface area contributed by atoms with E-state index in [1.165, 1.54) is 17.5 Å². The SMILES string of the molecule is OC1CCC(CNC2CCc3cc(Cl)ccc32)C1. The number of aliphatic hydroxyl groups excluding tert-OH is 1. The summed E-state index contributed by atoms with van der Waals surface area (Å²) in [5.74, 6) is 0.649. The monoisotopic (exact) mass is 265 g/mol. The lowest BCUT2D eigenvalue weighted by Crippen LogP contribution is -2.25. The number of nitrogens with one attached hydrogen (secondary N) is 1. The quantitative estimate of drug-likeness (QED) is 0.880. The molecular weight excluding hydrogens is 246 g/mol. The van der Waals surface area contributed by atoms with E-state index in [9.17, 15) is 5.11 Å². The number of fused-ring (bicyclic) bond motifs is 1. The van der Waals surface area contributed by atoms with Gasteiger partial charge in [-0.2, -0.15) is 0 Å². The Balaban J connectivity index is 1.59. The van der Waals surface area contributed by atoms with E-state index < -0.39 is 0 Å². The number of halogens is 1. The minimum atomic E-state index is -0.0635. The fourth-order valence-electron chi connectivity index (χ4n) is 3.34. The highest BCUT2D eigenvalue weighted by molar-refractivity contribution is 6.30. The van der Waals surface area contributed by atoms with E-state index in [2.05, 4.69) is 17.4 Å². The van der Waals surface area contributed by atoms with Crippen molar-refractivity contribution >= 4 is 11.6 Å². The molecule has 0 heterocycles. The van der Waals surface area contributed by atoms with E-state index in [0.29, 0.717) is 12.0 Å². The summed E-state index contributed by atoms with van der Waals surface area (Å²) in [4.78, 5) is 0. The van der Waals surface area contributed by atoms with Crippen LogP contribution in [0.1, 0.15) is 42.9 Å². The zero-order valence-electron chi connectivity index (χ0n) is 10.5. The van der Waals surface area contributed by atoms with E-state index in [0.717, 1.165) is 37.3 Å². The van der Waals surface area contributed by atoms with E-state index >= 15 is 0 Å². The summed E-state index contributed by atoms with van der Waals surface area (Å²) in [6, 6.07) is 6.72. The molecule has 0 aromatic heterocycles. The van der Waals surface area contributed by atoms with Crippen molar-refractivity contribution in [3.8, 4) is 0 Å². The summed E-state index contributed by atoms with van der Waals surface area (Å²) < 4.78 is 0. The fourth-order valence-corrected chi connectivity index (χ4v) is 3.54. The second kappa shape index (κ2) is 5.20. The van der Waals surface area contributed by atoms with Gasteiger partial charge in [0.05, 0.1) is 6.10 Å². The minimum absolute atomic E-state index is 0.0635. The normalized spacial score (nSPS) is 30.7. The van der Waals surface area contributed by atoms with Crippen LogP contribution in [0.3, 0.4) is 0 Å². The molecule has 1 aromatic carbocycles. The maximum absolute atomic E-state index is 9.54. The van der Waals surface area contributed by atoms with Crippen LogP contribution >= 0.6 is 11.6 Å². The summed E-state index contributed by atoms with van der Waals surface area (Å²) in [5, 5.41) is 14.0. The average Bonchev–Trinajstić information content (AvgIpc) is 2.92. The zero-order chi connectivity index (χ0) is 12.5. The predicted molar refractivity (Wildman–Crippen MR) is 73.9 cm³/mol. The molecule has 0 spiro atoms. The summed E-state index contributed by atoms with van der Waals surface area (Å²) >= 11 is 6.02. The summed E-state index contributed by atoms with van der Waals surface area (Å²) in [6.07, 6.45) is 5.34. The standard InChI is InChI=1S/C15H20ClNO/c16-12-3-5-14-11(8-12)2-6-15(14)17-9-10-1-4-13(18)7-10/h3,5,8,10,13,15,17-18H,1-2,4,6-7,9H2. The highest BCUT2D eigenvalue weighted by Gasteiger charge is 2.26.